The summed E-state index contributed by atoms with van der Waals surface area (Å²) in [5, 5.41) is 0. The molecule has 2 heteroatoms. The molecule has 17 heavy (non-hydrogen) atoms. The molecule has 3 rings (SSSR count). The lowest BCUT2D eigenvalue weighted by molar-refractivity contribution is 0.0340. The van der Waals surface area contributed by atoms with Gasteiger partial charge in [-0.25, -0.2) is 4.39 Å². The van der Waals surface area contributed by atoms with E-state index in [9.17, 15) is 4.39 Å². The lowest BCUT2D eigenvalue weighted by Crippen LogP contribution is -2.43. The van der Waals surface area contributed by atoms with Crippen LogP contribution in [-0.2, 0) is 6.54 Å². The van der Waals surface area contributed by atoms with E-state index in [1.807, 2.05) is 18.2 Å². The van der Waals surface area contributed by atoms with Crippen molar-refractivity contribution < 1.29 is 4.39 Å². The van der Waals surface area contributed by atoms with Gasteiger partial charge in [0.1, 0.15) is 0 Å². The molecule has 2 aliphatic rings. The van der Waals surface area contributed by atoms with Crippen LogP contribution < -0.4 is 0 Å². The first kappa shape index (κ1) is 11.0. The maximum atomic E-state index is 14.1. The van der Waals surface area contributed by atoms with E-state index in [4.69, 9.17) is 0 Å². The second-order valence-electron chi connectivity index (χ2n) is 5.19. The molecule has 1 spiro atoms. The molecular weight excluding hydrogens is 213 g/mol. The predicted molar refractivity (Wildman–Crippen MR) is 67.2 cm³/mol. The summed E-state index contributed by atoms with van der Waals surface area (Å²) in [6.45, 7) is 0.740. The van der Waals surface area contributed by atoms with Gasteiger partial charge >= 0.3 is 0 Å². The molecule has 0 aromatic heterocycles. The lowest BCUT2D eigenvalue weighted by Gasteiger charge is -2.36. The summed E-state index contributed by atoms with van der Waals surface area (Å²) in [7, 11) is 0. The first-order chi connectivity index (χ1) is 8.30. The summed E-state index contributed by atoms with van der Waals surface area (Å²) in [4.78, 5) is 2.07. The van der Waals surface area contributed by atoms with Crippen molar-refractivity contribution in [1.29, 1.82) is 0 Å². The van der Waals surface area contributed by atoms with Gasteiger partial charge in [-0.3, -0.25) is 4.90 Å². The van der Waals surface area contributed by atoms with Crippen molar-refractivity contribution in [2.45, 2.75) is 44.1 Å². The van der Waals surface area contributed by atoms with Crippen LogP contribution >= 0.6 is 0 Å². The van der Waals surface area contributed by atoms with Crippen molar-refractivity contribution in [1.82, 2.24) is 4.90 Å². The van der Waals surface area contributed by atoms with Gasteiger partial charge in [0.25, 0.3) is 0 Å². The number of rotatable bonds is 2. The minimum Gasteiger partial charge on any atom is -0.263 e. The number of likely N-dealkylation sites (tertiary alicyclic amines) is 1. The average Bonchev–Trinajstić information content (AvgIpc) is 2.94. The molecule has 1 fully saturated rings. The second-order valence-corrected chi connectivity index (χ2v) is 5.19. The van der Waals surface area contributed by atoms with Crippen LogP contribution in [0.4, 0.5) is 4.39 Å². The van der Waals surface area contributed by atoms with Crippen molar-refractivity contribution in [2.75, 3.05) is 0 Å². The maximum Gasteiger partial charge on any atom is 0.154 e. The largest absolute Gasteiger partial charge is 0.263 e. The molecule has 0 N–H and O–H groups in total. The third-order valence-electron chi connectivity index (χ3n) is 4.15. The highest BCUT2D eigenvalue weighted by Crippen LogP contribution is 2.44. The molecule has 1 nitrogen and oxygen atoms in total. The third-order valence-corrected chi connectivity index (χ3v) is 4.15. The van der Waals surface area contributed by atoms with Gasteiger partial charge in [0.2, 0.25) is 0 Å². The Hall–Kier alpha value is -1.15. The smallest absolute Gasteiger partial charge is 0.154 e. The fourth-order valence-electron chi connectivity index (χ4n) is 3.16. The lowest BCUT2D eigenvalue weighted by atomic mass is 9.93. The Morgan fingerprint density at radius 2 is 1.88 bits per heavy atom. The quantitative estimate of drug-likeness (QED) is 0.554. The summed E-state index contributed by atoms with van der Waals surface area (Å²) in [5.41, 5.74) is 1.29. The van der Waals surface area contributed by atoms with E-state index in [1.54, 1.807) is 0 Å². The van der Waals surface area contributed by atoms with Gasteiger partial charge in [0.15, 0.2) is 6.30 Å². The highest BCUT2D eigenvalue weighted by Gasteiger charge is 2.46. The van der Waals surface area contributed by atoms with Gasteiger partial charge in [0.05, 0.1) is 0 Å². The Kier molecular flexibility index (Phi) is 2.75. The monoisotopic (exact) mass is 231 g/mol. The average molecular weight is 231 g/mol. The van der Waals surface area contributed by atoms with E-state index in [-0.39, 0.29) is 5.54 Å². The first-order valence-electron chi connectivity index (χ1n) is 6.40. The minimum atomic E-state index is -0.768. The van der Waals surface area contributed by atoms with Crippen LogP contribution in [0.15, 0.2) is 42.5 Å². The molecule has 1 aromatic carbocycles. The van der Waals surface area contributed by atoms with Gasteiger partial charge in [-0.2, -0.15) is 0 Å². The van der Waals surface area contributed by atoms with Crippen LogP contribution in [0.2, 0.25) is 0 Å². The zero-order valence-corrected chi connectivity index (χ0v) is 9.98. The molecular formula is C15H18FN. The van der Waals surface area contributed by atoms with Crippen LogP contribution in [0.3, 0.4) is 0 Å². The molecule has 1 aliphatic carbocycles. The van der Waals surface area contributed by atoms with E-state index in [0.29, 0.717) is 6.42 Å². The van der Waals surface area contributed by atoms with Gasteiger partial charge in [-0.1, -0.05) is 42.5 Å². The standard InChI is InChI=1S/C15H18FN/c16-14-8-11-15(9-4-5-10-15)17(14)12-13-6-2-1-3-7-13/h1-7,14H,8-12H2/t14-/m1/s1. The Labute approximate surface area is 102 Å². The molecule has 0 radical (unpaired) electrons. The summed E-state index contributed by atoms with van der Waals surface area (Å²) in [5.74, 6) is 0. The Balaban J connectivity index is 1.80. The van der Waals surface area contributed by atoms with Crippen molar-refractivity contribution in [3.63, 3.8) is 0 Å². The molecule has 1 atom stereocenters. The van der Waals surface area contributed by atoms with E-state index in [0.717, 1.165) is 25.8 Å². The highest BCUT2D eigenvalue weighted by molar-refractivity contribution is 5.18. The minimum absolute atomic E-state index is 0.0786. The van der Waals surface area contributed by atoms with Crippen molar-refractivity contribution in [3.8, 4) is 0 Å². The van der Waals surface area contributed by atoms with Crippen LogP contribution in [0.1, 0.15) is 31.2 Å². The zero-order chi connectivity index (χ0) is 11.7. The number of nitrogens with zero attached hydrogens (tertiary/aromatic N) is 1. The van der Waals surface area contributed by atoms with Gasteiger partial charge in [-0.05, 0) is 31.2 Å². The Morgan fingerprint density at radius 1 is 1.18 bits per heavy atom. The number of hydrogen-bond acceptors (Lipinski definition) is 1. The van der Waals surface area contributed by atoms with Gasteiger partial charge in [-0.15, -0.1) is 0 Å². The molecule has 1 heterocycles. The molecule has 0 unspecified atom stereocenters. The van der Waals surface area contributed by atoms with Crippen molar-refractivity contribution in [3.05, 3.63) is 48.0 Å². The highest BCUT2D eigenvalue weighted by atomic mass is 19.1. The normalized spacial score (nSPS) is 27.0. The van der Waals surface area contributed by atoms with Crippen LogP contribution in [0, 0.1) is 0 Å². The van der Waals surface area contributed by atoms with Gasteiger partial charge < -0.3 is 0 Å². The molecule has 1 aliphatic heterocycles. The number of benzene rings is 1. The summed E-state index contributed by atoms with van der Waals surface area (Å²) in [6, 6.07) is 10.2. The molecule has 1 saturated heterocycles. The number of alkyl halides is 1. The van der Waals surface area contributed by atoms with Gasteiger partial charge in [0, 0.05) is 12.1 Å². The van der Waals surface area contributed by atoms with Crippen LogP contribution in [0.25, 0.3) is 0 Å². The van der Waals surface area contributed by atoms with E-state index >= 15 is 0 Å². The fraction of sp³-hybridized carbons (Fsp3) is 0.467. The molecule has 0 amide bonds. The molecule has 1 aromatic rings. The fourth-order valence-corrected chi connectivity index (χ4v) is 3.16. The van der Waals surface area contributed by atoms with Crippen molar-refractivity contribution in [2.24, 2.45) is 0 Å². The van der Waals surface area contributed by atoms with Crippen molar-refractivity contribution >= 4 is 0 Å². The van der Waals surface area contributed by atoms with E-state index in [1.165, 1.54) is 5.56 Å². The first-order valence-corrected chi connectivity index (χ1v) is 6.40. The third kappa shape index (κ3) is 1.91. The Bertz CT molecular complexity index is 404. The predicted octanol–water partition coefficient (Wildman–Crippen LogP) is 3.67. The Morgan fingerprint density at radius 3 is 2.59 bits per heavy atom. The summed E-state index contributed by atoms with van der Waals surface area (Å²) < 4.78 is 14.1. The SMILES string of the molecule is F[C@H]1CCC2(CC=CC2)N1Cc1ccccc1. The van der Waals surface area contributed by atoms with Crippen LogP contribution in [-0.4, -0.2) is 16.7 Å². The second kappa shape index (κ2) is 4.26. The maximum absolute atomic E-state index is 14.1. The van der Waals surface area contributed by atoms with E-state index < -0.39 is 6.30 Å². The topological polar surface area (TPSA) is 3.24 Å². The number of hydrogen-bond donors (Lipinski definition) is 0. The zero-order valence-electron chi connectivity index (χ0n) is 9.98. The molecule has 0 saturated carbocycles. The summed E-state index contributed by atoms with van der Waals surface area (Å²) >= 11 is 0. The number of halogens is 1. The molecule has 90 valence electrons. The van der Waals surface area contributed by atoms with Crippen LogP contribution in [0.5, 0.6) is 0 Å². The van der Waals surface area contributed by atoms with E-state index in [2.05, 4.69) is 29.2 Å². The molecule has 0 bridgehead atoms. The summed E-state index contributed by atoms with van der Waals surface area (Å²) in [6.07, 6.45) is 7.35.